The summed E-state index contributed by atoms with van der Waals surface area (Å²) < 4.78 is 0. The molecule has 2 N–H and O–H groups in total. The van der Waals surface area contributed by atoms with Gasteiger partial charge in [0.15, 0.2) is 0 Å². The van der Waals surface area contributed by atoms with Crippen molar-refractivity contribution < 1.29 is 0 Å². The predicted octanol–water partition coefficient (Wildman–Crippen LogP) is 3.47. The lowest BCUT2D eigenvalue weighted by atomic mass is 9.86. The van der Waals surface area contributed by atoms with Crippen molar-refractivity contribution in [2.24, 2.45) is 5.73 Å². The van der Waals surface area contributed by atoms with Crippen molar-refractivity contribution in [1.29, 1.82) is 0 Å². The maximum Gasteiger partial charge on any atom is 0.0369 e. The first-order valence-corrected chi connectivity index (χ1v) is 7.69. The standard InChI is InChI=1S/C19H26N2/c1-3-19(16-20,14-17-10-6-4-7-11-17)21(2)15-18-12-8-5-9-13-18/h4-13H,3,14-16,20H2,1-2H3. The Labute approximate surface area is 128 Å². The first-order valence-electron chi connectivity index (χ1n) is 7.69. The minimum Gasteiger partial charge on any atom is -0.329 e. The average molecular weight is 282 g/mol. The second-order valence-electron chi connectivity index (χ2n) is 5.79. The first-order chi connectivity index (χ1) is 10.2. The van der Waals surface area contributed by atoms with E-state index in [4.69, 9.17) is 5.73 Å². The van der Waals surface area contributed by atoms with Crippen molar-refractivity contribution >= 4 is 0 Å². The SMILES string of the molecule is CCC(CN)(Cc1ccccc1)N(C)Cc1ccccc1. The van der Waals surface area contributed by atoms with E-state index in [9.17, 15) is 0 Å². The maximum absolute atomic E-state index is 6.18. The summed E-state index contributed by atoms with van der Waals surface area (Å²) in [6, 6.07) is 21.2. The predicted molar refractivity (Wildman–Crippen MR) is 90.1 cm³/mol. The summed E-state index contributed by atoms with van der Waals surface area (Å²) in [5.74, 6) is 0. The van der Waals surface area contributed by atoms with E-state index in [-0.39, 0.29) is 5.54 Å². The molecule has 0 spiro atoms. The molecule has 0 aliphatic rings. The molecule has 1 atom stereocenters. The maximum atomic E-state index is 6.18. The van der Waals surface area contributed by atoms with Gasteiger partial charge in [0.25, 0.3) is 0 Å². The highest BCUT2D eigenvalue weighted by Gasteiger charge is 2.31. The zero-order chi connectivity index (χ0) is 15.1. The van der Waals surface area contributed by atoms with Crippen LogP contribution in [0.5, 0.6) is 0 Å². The molecule has 21 heavy (non-hydrogen) atoms. The Morgan fingerprint density at radius 2 is 1.43 bits per heavy atom. The van der Waals surface area contributed by atoms with Gasteiger partial charge < -0.3 is 5.73 Å². The molecule has 2 aromatic carbocycles. The number of hydrogen-bond donors (Lipinski definition) is 1. The summed E-state index contributed by atoms with van der Waals surface area (Å²) in [4.78, 5) is 2.41. The lowest BCUT2D eigenvalue weighted by Crippen LogP contribution is -2.53. The quantitative estimate of drug-likeness (QED) is 0.842. The fourth-order valence-corrected chi connectivity index (χ4v) is 2.90. The van der Waals surface area contributed by atoms with Crippen LogP contribution in [-0.2, 0) is 13.0 Å². The van der Waals surface area contributed by atoms with Crippen LogP contribution in [0.3, 0.4) is 0 Å². The van der Waals surface area contributed by atoms with Gasteiger partial charge in [-0.1, -0.05) is 67.6 Å². The van der Waals surface area contributed by atoms with E-state index in [0.29, 0.717) is 6.54 Å². The fraction of sp³-hybridized carbons (Fsp3) is 0.368. The summed E-state index contributed by atoms with van der Waals surface area (Å²) in [7, 11) is 2.19. The van der Waals surface area contributed by atoms with Gasteiger partial charge in [-0.25, -0.2) is 0 Å². The lowest BCUT2D eigenvalue weighted by Gasteiger charge is -2.41. The van der Waals surface area contributed by atoms with Gasteiger partial charge >= 0.3 is 0 Å². The average Bonchev–Trinajstić information content (AvgIpc) is 2.54. The van der Waals surface area contributed by atoms with Crippen LogP contribution in [0.25, 0.3) is 0 Å². The van der Waals surface area contributed by atoms with Gasteiger partial charge in [-0.2, -0.15) is 0 Å². The van der Waals surface area contributed by atoms with Crippen molar-refractivity contribution in [3.8, 4) is 0 Å². The number of nitrogens with zero attached hydrogens (tertiary/aromatic N) is 1. The molecule has 0 aliphatic carbocycles. The summed E-state index contributed by atoms with van der Waals surface area (Å²) >= 11 is 0. The zero-order valence-corrected chi connectivity index (χ0v) is 13.1. The second kappa shape index (κ2) is 7.39. The van der Waals surface area contributed by atoms with Crippen LogP contribution in [0, 0.1) is 0 Å². The van der Waals surface area contributed by atoms with Crippen molar-refractivity contribution in [2.45, 2.75) is 31.8 Å². The van der Waals surface area contributed by atoms with Gasteiger partial charge in [0.05, 0.1) is 0 Å². The Hall–Kier alpha value is -1.64. The molecule has 2 nitrogen and oxygen atoms in total. The minimum atomic E-state index is 0.0111. The summed E-state index contributed by atoms with van der Waals surface area (Å²) in [6.07, 6.45) is 2.03. The molecule has 0 saturated heterocycles. The molecule has 0 heterocycles. The third-order valence-electron chi connectivity index (χ3n) is 4.49. The van der Waals surface area contributed by atoms with E-state index in [1.165, 1.54) is 11.1 Å². The number of hydrogen-bond acceptors (Lipinski definition) is 2. The molecular formula is C19H26N2. The minimum absolute atomic E-state index is 0.0111. The van der Waals surface area contributed by atoms with Gasteiger partial charge in [0.2, 0.25) is 0 Å². The molecule has 0 bridgehead atoms. The number of likely N-dealkylation sites (N-methyl/N-ethyl adjacent to an activating group) is 1. The molecule has 0 amide bonds. The lowest BCUT2D eigenvalue weighted by molar-refractivity contribution is 0.112. The molecule has 0 aliphatic heterocycles. The van der Waals surface area contributed by atoms with E-state index >= 15 is 0 Å². The Balaban J connectivity index is 2.16. The zero-order valence-electron chi connectivity index (χ0n) is 13.1. The summed E-state index contributed by atoms with van der Waals surface area (Å²) in [6.45, 7) is 3.83. The Bertz CT molecular complexity index is 518. The van der Waals surface area contributed by atoms with Crippen molar-refractivity contribution in [3.05, 3.63) is 71.8 Å². The topological polar surface area (TPSA) is 29.3 Å². The Kier molecular flexibility index (Phi) is 5.54. The third-order valence-corrected chi connectivity index (χ3v) is 4.49. The smallest absolute Gasteiger partial charge is 0.0369 e. The highest BCUT2D eigenvalue weighted by atomic mass is 15.2. The molecular weight excluding hydrogens is 256 g/mol. The van der Waals surface area contributed by atoms with Gasteiger partial charge in [-0.05, 0) is 31.0 Å². The summed E-state index contributed by atoms with van der Waals surface area (Å²) in [5.41, 5.74) is 8.87. The van der Waals surface area contributed by atoms with Crippen molar-refractivity contribution in [2.75, 3.05) is 13.6 Å². The van der Waals surface area contributed by atoms with Crippen LogP contribution in [0.4, 0.5) is 0 Å². The Morgan fingerprint density at radius 3 is 1.90 bits per heavy atom. The summed E-state index contributed by atoms with van der Waals surface area (Å²) in [5, 5.41) is 0. The fourth-order valence-electron chi connectivity index (χ4n) is 2.90. The molecule has 2 aromatic rings. The normalized spacial score (nSPS) is 14.1. The Morgan fingerprint density at radius 1 is 0.905 bits per heavy atom. The van der Waals surface area contributed by atoms with Crippen LogP contribution in [-0.4, -0.2) is 24.0 Å². The highest BCUT2D eigenvalue weighted by molar-refractivity contribution is 5.19. The molecule has 0 radical (unpaired) electrons. The van der Waals surface area contributed by atoms with Crippen LogP contribution in [0.1, 0.15) is 24.5 Å². The van der Waals surface area contributed by atoms with E-state index in [2.05, 4.69) is 79.5 Å². The van der Waals surface area contributed by atoms with Crippen LogP contribution in [0.2, 0.25) is 0 Å². The van der Waals surface area contributed by atoms with E-state index < -0.39 is 0 Å². The molecule has 2 heteroatoms. The molecule has 2 rings (SSSR count). The van der Waals surface area contributed by atoms with Gasteiger partial charge in [0, 0.05) is 18.6 Å². The van der Waals surface area contributed by atoms with Crippen molar-refractivity contribution in [1.82, 2.24) is 4.90 Å². The van der Waals surface area contributed by atoms with Gasteiger partial charge in [-0.3, -0.25) is 4.90 Å². The van der Waals surface area contributed by atoms with Crippen LogP contribution in [0.15, 0.2) is 60.7 Å². The van der Waals surface area contributed by atoms with E-state index in [0.717, 1.165) is 19.4 Å². The number of nitrogens with two attached hydrogens (primary N) is 1. The molecule has 0 saturated carbocycles. The number of rotatable bonds is 7. The van der Waals surface area contributed by atoms with Gasteiger partial charge in [0.1, 0.15) is 0 Å². The van der Waals surface area contributed by atoms with Gasteiger partial charge in [-0.15, -0.1) is 0 Å². The highest BCUT2D eigenvalue weighted by Crippen LogP contribution is 2.24. The second-order valence-corrected chi connectivity index (χ2v) is 5.79. The largest absolute Gasteiger partial charge is 0.329 e. The van der Waals surface area contributed by atoms with Crippen LogP contribution >= 0.6 is 0 Å². The molecule has 0 fully saturated rings. The van der Waals surface area contributed by atoms with Crippen molar-refractivity contribution in [3.63, 3.8) is 0 Å². The third kappa shape index (κ3) is 3.93. The molecule has 1 unspecified atom stereocenters. The molecule has 112 valence electrons. The monoisotopic (exact) mass is 282 g/mol. The first kappa shape index (κ1) is 15.7. The van der Waals surface area contributed by atoms with E-state index in [1.54, 1.807) is 0 Å². The molecule has 0 aromatic heterocycles. The van der Waals surface area contributed by atoms with E-state index in [1.807, 2.05) is 0 Å². The van der Waals surface area contributed by atoms with Crippen LogP contribution < -0.4 is 5.73 Å². The number of benzene rings is 2.